The molecule has 3 unspecified atom stereocenters. The second-order valence-electron chi connectivity index (χ2n) is 12.2. The van der Waals surface area contributed by atoms with E-state index in [0.29, 0.717) is 38.6 Å². The van der Waals surface area contributed by atoms with Crippen LogP contribution in [0.5, 0.6) is 5.75 Å². The number of hydrogen-bond acceptors (Lipinski definition) is 13. The first-order valence-corrected chi connectivity index (χ1v) is 18.0. The summed E-state index contributed by atoms with van der Waals surface area (Å²) in [6.07, 6.45) is -0.891. The summed E-state index contributed by atoms with van der Waals surface area (Å²) in [5.74, 6) is -1.58. The maximum absolute atomic E-state index is 12.9. The van der Waals surface area contributed by atoms with Crippen LogP contribution in [0.25, 0.3) is 11.4 Å². The number of carbonyl (C=O) groups is 5. The standard InChI is InChI=1S/C34H45N8O10P/c1-7-42(33(48)52-26-13-11-23(12-14-26)19-49-32(47)36-21(2)30(44)35-22(3)31(45)46)18-27-38-40-29(41-39-27)24-9-8-10-25(17-24)37-28(43)20-50-34(4,5)15-16-51-53-6/h8-14,17,21-22,53H,7,15-16,18-20H2,1-6H3,(H,35,44)(H,36,47)(H,37,43)(H,45,46). The van der Waals surface area contributed by atoms with E-state index in [1.54, 1.807) is 43.3 Å². The van der Waals surface area contributed by atoms with Crippen LogP contribution in [0.3, 0.4) is 0 Å². The van der Waals surface area contributed by atoms with Gasteiger partial charge >= 0.3 is 18.2 Å². The van der Waals surface area contributed by atoms with E-state index in [1.165, 1.54) is 30.9 Å². The van der Waals surface area contributed by atoms with Gasteiger partial charge in [0.05, 0.1) is 18.8 Å². The zero-order valence-electron chi connectivity index (χ0n) is 30.4. The average molecular weight is 757 g/mol. The molecule has 3 aromatic rings. The molecular weight excluding hydrogens is 711 g/mol. The van der Waals surface area contributed by atoms with Gasteiger partial charge in [-0.15, -0.1) is 20.4 Å². The van der Waals surface area contributed by atoms with E-state index in [0.717, 1.165) is 0 Å². The van der Waals surface area contributed by atoms with Gasteiger partial charge in [0.15, 0.2) is 5.82 Å². The number of nitrogens with zero attached hydrogens (tertiary/aromatic N) is 5. The number of aliphatic carboxylic acids is 1. The Morgan fingerprint density at radius 3 is 2.30 bits per heavy atom. The summed E-state index contributed by atoms with van der Waals surface area (Å²) in [6, 6.07) is 11.0. The van der Waals surface area contributed by atoms with Crippen molar-refractivity contribution < 1.29 is 47.8 Å². The van der Waals surface area contributed by atoms with Crippen molar-refractivity contribution >= 4 is 44.5 Å². The van der Waals surface area contributed by atoms with E-state index in [9.17, 15) is 24.0 Å². The molecule has 3 atom stereocenters. The monoisotopic (exact) mass is 756 g/mol. The van der Waals surface area contributed by atoms with Crippen LogP contribution in [0.2, 0.25) is 0 Å². The Labute approximate surface area is 308 Å². The van der Waals surface area contributed by atoms with Crippen molar-refractivity contribution in [2.24, 2.45) is 0 Å². The molecule has 0 radical (unpaired) electrons. The number of aromatic nitrogens is 4. The number of alkyl carbamates (subject to hydrolysis) is 1. The summed E-state index contributed by atoms with van der Waals surface area (Å²) in [7, 11) is 0.396. The van der Waals surface area contributed by atoms with Crippen LogP contribution in [0.15, 0.2) is 48.5 Å². The maximum Gasteiger partial charge on any atom is 0.415 e. The summed E-state index contributed by atoms with van der Waals surface area (Å²) in [6.45, 7) is 10.7. The van der Waals surface area contributed by atoms with Gasteiger partial charge in [0.25, 0.3) is 0 Å². The Balaban J connectivity index is 1.48. The lowest BCUT2D eigenvalue weighted by Crippen LogP contribution is -2.49. The summed E-state index contributed by atoms with van der Waals surface area (Å²) < 4.78 is 21.8. The van der Waals surface area contributed by atoms with Gasteiger partial charge in [0, 0.05) is 26.6 Å². The zero-order chi connectivity index (χ0) is 39.0. The predicted octanol–water partition coefficient (Wildman–Crippen LogP) is 3.52. The van der Waals surface area contributed by atoms with Crippen LogP contribution >= 0.6 is 8.81 Å². The Morgan fingerprint density at radius 2 is 1.66 bits per heavy atom. The molecule has 0 spiro atoms. The number of hydrogen-bond donors (Lipinski definition) is 4. The molecule has 0 fully saturated rings. The normalized spacial score (nSPS) is 12.4. The number of ether oxygens (including phenoxy) is 3. The second-order valence-corrected chi connectivity index (χ2v) is 12.9. The van der Waals surface area contributed by atoms with Gasteiger partial charge in [-0.2, -0.15) is 0 Å². The molecule has 1 heterocycles. The fourth-order valence-electron chi connectivity index (χ4n) is 4.22. The van der Waals surface area contributed by atoms with Crippen molar-refractivity contribution in [3.63, 3.8) is 0 Å². The molecule has 3 rings (SSSR count). The van der Waals surface area contributed by atoms with Crippen molar-refractivity contribution in [2.75, 3.05) is 31.7 Å². The van der Waals surface area contributed by atoms with Gasteiger partial charge in [0.1, 0.15) is 31.0 Å². The molecule has 4 amide bonds. The minimum absolute atomic E-state index is 0.0281. The topological polar surface area (TPSA) is 233 Å². The molecular formula is C34H45N8O10P. The highest BCUT2D eigenvalue weighted by Crippen LogP contribution is 2.20. The predicted molar refractivity (Wildman–Crippen MR) is 193 cm³/mol. The fourth-order valence-corrected chi connectivity index (χ4v) is 4.53. The quantitative estimate of drug-likeness (QED) is 0.101. The first-order valence-electron chi connectivity index (χ1n) is 16.6. The summed E-state index contributed by atoms with van der Waals surface area (Å²) in [5, 5.41) is 32.8. The van der Waals surface area contributed by atoms with E-state index >= 15 is 0 Å². The summed E-state index contributed by atoms with van der Waals surface area (Å²) in [5.41, 5.74) is 1.14. The lowest BCUT2D eigenvalue weighted by atomic mass is 10.1. The van der Waals surface area contributed by atoms with Crippen LogP contribution in [-0.2, 0) is 41.5 Å². The number of rotatable bonds is 19. The Bertz CT molecular complexity index is 1700. The number of anilines is 1. The smallest absolute Gasteiger partial charge is 0.415 e. The molecule has 0 saturated heterocycles. The zero-order valence-corrected chi connectivity index (χ0v) is 31.4. The molecule has 18 nitrogen and oxygen atoms in total. The van der Waals surface area contributed by atoms with Crippen LogP contribution in [0.1, 0.15) is 52.4 Å². The van der Waals surface area contributed by atoms with E-state index in [4.69, 9.17) is 23.8 Å². The second kappa shape index (κ2) is 20.7. The number of carboxylic acid groups (broad SMARTS) is 1. The molecule has 0 aliphatic rings. The minimum atomic E-state index is -1.21. The molecule has 0 bridgehead atoms. The Hall–Kier alpha value is -5.32. The third-order valence-corrected chi connectivity index (χ3v) is 7.89. The van der Waals surface area contributed by atoms with Gasteiger partial charge in [-0.05, 0) is 77.5 Å². The lowest BCUT2D eigenvalue weighted by Gasteiger charge is -2.24. The molecule has 0 aliphatic heterocycles. The van der Waals surface area contributed by atoms with Crippen molar-refractivity contribution in [1.29, 1.82) is 0 Å². The van der Waals surface area contributed by atoms with Crippen LogP contribution in [-0.4, -0.2) is 104 Å². The molecule has 1 aromatic heterocycles. The number of nitrogens with one attached hydrogen (secondary N) is 3. The SMILES string of the molecule is CCN(Cc1nnc(-c2cccc(NC(=O)COC(C)(C)CCOPC)c2)nn1)C(=O)Oc1ccc(COC(=O)NC(C)C(=O)NC(C)C(=O)O)cc1. The lowest BCUT2D eigenvalue weighted by molar-refractivity contribution is -0.141. The highest BCUT2D eigenvalue weighted by atomic mass is 31.1. The molecule has 2 aromatic carbocycles. The molecule has 4 N–H and O–H groups in total. The molecule has 19 heteroatoms. The van der Waals surface area contributed by atoms with E-state index in [-0.39, 0.29) is 49.6 Å². The summed E-state index contributed by atoms with van der Waals surface area (Å²) >= 11 is 0. The molecule has 53 heavy (non-hydrogen) atoms. The van der Waals surface area contributed by atoms with E-state index in [1.807, 2.05) is 20.5 Å². The van der Waals surface area contributed by atoms with Crippen molar-refractivity contribution in [3.8, 4) is 17.1 Å². The minimum Gasteiger partial charge on any atom is -0.480 e. The van der Waals surface area contributed by atoms with Crippen molar-refractivity contribution in [1.82, 2.24) is 35.9 Å². The number of amides is 4. The Kier molecular flexibility index (Phi) is 16.4. The first kappa shape index (κ1) is 42.1. The summed E-state index contributed by atoms with van der Waals surface area (Å²) in [4.78, 5) is 61.8. The van der Waals surface area contributed by atoms with Gasteiger partial charge < -0.3 is 44.7 Å². The number of carboxylic acids is 1. The third-order valence-electron chi connectivity index (χ3n) is 7.40. The van der Waals surface area contributed by atoms with Crippen LogP contribution < -0.4 is 20.7 Å². The van der Waals surface area contributed by atoms with E-state index < -0.39 is 41.7 Å². The molecule has 0 aliphatic carbocycles. The van der Waals surface area contributed by atoms with E-state index in [2.05, 4.69) is 36.3 Å². The number of carbonyl (C=O) groups excluding carboxylic acids is 4. The van der Waals surface area contributed by atoms with Crippen molar-refractivity contribution in [3.05, 3.63) is 59.9 Å². The van der Waals surface area contributed by atoms with Crippen LogP contribution in [0.4, 0.5) is 15.3 Å². The van der Waals surface area contributed by atoms with Gasteiger partial charge in [-0.3, -0.25) is 14.4 Å². The average Bonchev–Trinajstić information content (AvgIpc) is 3.13. The van der Waals surface area contributed by atoms with Gasteiger partial charge in [-0.1, -0.05) is 24.3 Å². The highest BCUT2D eigenvalue weighted by Gasteiger charge is 2.22. The molecule has 286 valence electrons. The largest absolute Gasteiger partial charge is 0.480 e. The van der Waals surface area contributed by atoms with Crippen LogP contribution in [0, 0.1) is 0 Å². The number of benzene rings is 2. The molecule has 0 saturated carbocycles. The van der Waals surface area contributed by atoms with Gasteiger partial charge in [0.2, 0.25) is 17.6 Å². The van der Waals surface area contributed by atoms with Crippen molar-refractivity contribution in [2.45, 2.75) is 71.9 Å². The highest BCUT2D eigenvalue weighted by molar-refractivity contribution is 7.31. The van der Waals surface area contributed by atoms with Gasteiger partial charge in [-0.25, -0.2) is 9.59 Å². The first-order chi connectivity index (χ1) is 25.2. The fraction of sp³-hybridized carbons (Fsp3) is 0.441. The third kappa shape index (κ3) is 14.7. The Morgan fingerprint density at radius 1 is 0.962 bits per heavy atom. The maximum atomic E-state index is 12.9.